The van der Waals surface area contributed by atoms with E-state index in [0.717, 1.165) is 6.42 Å². The molecular weight excluding hydrogens is 294 g/mol. The number of carbonyl (C=O) groups is 2. The van der Waals surface area contributed by atoms with Gasteiger partial charge in [-0.2, -0.15) is 0 Å². The Labute approximate surface area is 128 Å². The number of carbonyl (C=O) groups excluding carboxylic acids is 2. The number of rotatable bonds is 3. The van der Waals surface area contributed by atoms with E-state index in [1.54, 1.807) is 12.1 Å². The van der Waals surface area contributed by atoms with Gasteiger partial charge in [-0.1, -0.05) is 11.6 Å². The van der Waals surface area contributed by atoms with Crippen molar-refractivity contribution in [1.82, 2.24) is 5.32 Å². The molecule has 6 nitrogen and oxygen atoms in total. The smallest absolute Gasteiger partial charge is 0.340 e. The van der Waals surface area contributed by atoms with Crippen molar-refractivity contribution in [1.29, 1.82) is 0 Å². The molecule has 1 aromatic carbocycles. The average Bonchev–Trinajstić information content (AvgIpc) is 2.84. The van der Waals surface area contributed by atoms with Gasteiger partial charge < -0.3 is 20.7 Å². The molecule has 1 unspecified atom stereocenters. The zero-order valence-electron chi connectivity index (χ0n) is 12.0. The first-order chi connectivity index (χ1) is 9.92. The third-order valence-corrected chi connectivity index (χ3v) is 3.69. The molecule has 21 heavy (non-hydrogen) atoms. The Morgan fingerprint density at radius 1 is 1.48 bits per heavy atom. The number of hydrogen-bond acceptors (Lipinski definition) is 5. The van der Waals surface area contributed by atoms with E-state index >= 15 is 0 Å². The Balaban J connectivity index is 2.31. The number of nitrogens with two attached hydrogens (primary N) is 1. The summed E-state index contributed by atoms with van der Waals surface area (Å²) in [6.45, 7) is 2.77. The number of amides is 1. The van der Waals surface area contributed by atoms with Crippen LogP contribution in [-0.4, -0.2) is 38.1 Å². The highest BCUT2D eigenvalue weighted by Crippen LogP contribution is 2.35. The number of nitrogens with one attached hydrogen (secondary N) is 1. The van der Waals surface area contributed by atoms with Crippen molar-refractivity contribution in [3.63, 3.8) is 0 Å². The molecule has 7 heteroatoms. The molecule has 0 aliphatic carbocycles. The minimum absolute atomic E-state index is 0.0432. The number of halogens is 1. The highest BCUT2D eigenvalue weighted by atomic mass is 35.5. The van der Waals surface area contributed by atoms with E-state index in [9.17, 15) is 9.59 Å². The number of methoxy groups -OCH3 is 1. The first kappa shape index (κ1) is 15.4. The van der Waals surface area contributed by atoms with Gasteiger partial charge in [-0.3, -0.25) is 4.79 Å². The second-order valence-corrected chi connectivity index (χ2v) is 5.43. The van der Waals surface area contributed by atoms with Gasteiger partial charge in [0, 0.05) is 31.7 Å². The van der Waals surface area contributed by atoms with Crippen LogP contribution in [0.1, 0.15) is 23.7 Å². The number of nitrogen functional groups attached to an aromatic ring is 1. The molecule has 2 rings (SSSR count). The van der Waals surface area contributed by atoms with Crippen LogP contribution in [0.5, 0.6) is 0 Å². The third kappa shape index (κ3) is 3.39. The molecule has 0 radical (unpaired) electrons. The van der Waals surface area contributed by atoms with Gasteiger partial charge in [0.05, 0.1) is 23.4 Å². The summed E-state index contributed by atoms with van der Waals surface area (Å²) in [5.74, 6) is -0.555. The fourth-order valence-corrected chi connectivity index (χ4v) is 2.92. The maximum atomic E-state index is 11.9. The number of nitrogens with zero attached hydrogens (tertiary/aromatic N) is 1. The molecule has 1 aliphatic rings. The number of hydrogen-bond donors (Lipinski definition) is 2. The molecule has 1 amide bonds. The zero-order valence-corrected chi connectivity index (χ0v) is 12.7. The molecule has 1 fully saturated rings. The van der Waals surface area contributed by atoms with E-state index in [-0.39, 0.29) is 11.9 Å². The Hall–Kier alpha value is -1.95. The standard InChI is InChI=1S/C14H18ClN3O3/c1-8(19)17-10-3-4-18(7-10)13-11(14(20)21-2)5-9(16)6-12(13)15/h5-6,10H,3-4,7,16H2,1-2H3,(H,17,19). The lowest BCUT2D eigenvalue weighted by molar-refractivity contribution is -0.119. The normalized spacial score (nSPS) is 17.7. The predicted octanol–water partition coefficient (Wildman–Crippen LogP) is 1.42. The maximum Gasteiger partial charge on any atom is 0.340 e. The first-order valence-corrected chi connectivity index (χ1v) is 6.99. The first-order valence-electron chi connectivity index (χ1n) is 6.61. The van der Waals surface area contributed by atoms with Crippen LogP contribution in [0.3, 0.4) is 0 Å². The Bertz CT molecular complexity index is 577. The van der Waals surface area contributed by atoms with Crippen molar-refractivity contribution in [2.24, 2.45) is 0 Å². The molecule has 1 heterocycles. The van der Waals surface area contributed by atoms with Crippen molar-refractivity contribution < 1.29 is 14.3 Å². The Morgan fingerprint density at radius 3 is 2.81 bits per heavy atom. The van der Waals surface area contributed by atoms with Gasteiger partial charge in [0.2, 0.25) is 5.91 Å². The molecule has 114 valence electrons. The van der Waals surface area contributed by atoms with Crippen molar-refractivity contribution in [3.05, 3.63) is 22.7 Å². The van der Waals surface area contributed by atoms with Crippen molar-refractivity contribution in [2.75, 3.05) is 30.8 Å². The summed E-state index contributed by atoms with van der Waals surface area (Å²) < 4.78 is 4.79. The van der Waals surface area contributed by atoms with Crippen LogP contribution >= 0.6 is 11.6 Å². The Morgan fingerprint density at radius 2 is 2.19 bits per heavy atom. The maximum absolute atomic E-state index is 11.9. The molecular formula is C14H18ClN3O3. The topological polar surface area (TPSA) is 84.7 Å². The van der Waals surface area contributed by atoms with Gasteiger partial charge in [0.15, 0.2) is 0 Å². The van der Waals surface area contributed by atoms with E-state index in [4.69, 9.17) is 22.1 Å². The summed E-state index contributed by atoms with van der Waals surface area (Å²) in [7, 11) is 1.31. The second kappa shape index (κ2) is 6.22. The van der Waals surface area contributed by atoms with E-state index in [1.165, 1.54) is 14.0 Å². The van der Waals surface area contributed by atoms with E-state index in [2.05, 4.69) is 5.32 Å². The molecule has 1 aliphatic heterocycles. The summed E-state index contributed by atoms with van der Waals surface area (Å²) in [5.41, 5.74) is 7.09. The summed E-state index contributed by atoms with van der Waals surface area (Å²) in [5, 5.41) is 3.27. The minimum Gasteiger partial charge on any atom is -0.465 e. The van der Waals surface area contributed by atoms with Crippen molar-refractivity contribution in [3.8, 4) is 0 Å². The molecule has 0 aromatic heterocycles. The molecule has 1 atom stereocenters. The van der Waals surface area contributed by atoms with Crippen LogP contribution in [0.25, 0.3) is 0 Å². The molecule has 0 bridgehead atoms. The van der Waals surface area contributed by atoms with Crippen LogP contribution in [0, 0.1) is 0 Å². The number of esters is 1. The molecule has 0 spiro atoms. The van der Waals surface area contributed by atoms with Gasteiger partial charge in [-0.05, 0) is 18.6 Å². The van der Waals surface area contributed by atoms with Gasteiger partial charge in [0.1, 0.15) is 0 Å². The second-order valence-electron chi connectivity index (χ2n) is 5.02. The summed E-state index contributed by atoms with van der Waals surface area (Å²) in [4.78, 5) is 25.0. The van der Waals surface area contributed by atoms with Crippen LogP contribution in [0.15, 0.2) is 12.1 Å². The summed E-state index contributed by atoms with van der Waals surface area (Å²) in [6.07, 6.45) is 0.793. The molecule has 0 saturated carbocycles. The van der Waals surface area contributed by atoms with Crippen molar-refractivity contribution in [2.45, 2.75) is 19.4 Å². The third-order valence-electron chi connectivity index (χ3n) is 3.40. The van der Waals surface area contributed by atoms with E-state index in [1.807, 2.05) is 4.90 Å². The van der Waals surface area contributed by atoms with Crippen LogP contribution < -0.4 is 16.0 Å². The Kier molecular flexibility index (Phi) is 4.57. The molecule has 1 aromatic rings. The number of anilines is 2. The van der Waals surface area contributed by atoms with Gasteiger partial charge >= 0.3 is 5.97 Å². The largest absolute Gasteiger partial charge is 0.465 e. The lowest BCUT2D eigenvalue weighted by atomic mass is 10.1. The van der Waals surface area contributed by atoms with Crippen LogP contribution in [0.4, 0.5) is 11.4 Å². The fraction of sp³-hybridized carbons (Fsp3) is 0.429. The fourth-order valence-electron chi connectivity index (χ4n) is 2.58. The number of ether oxygens (including phenoxy) is 1. The number of benzene rings is 1. The monoisotopic (exact) mass is 311 g/mol. The minimum atomic E-state index is -0.484. The highest BCUT2D eigenvalue weighted by Gasteiger charge is 2.28. The predicted molar refractivity (Wildman–Crippen MR) is 81.6 cm³/mol. The van der Waals surface area contributed by atoms with Crippen molar-refractivity contribution >= 4 is 34.9 Å². The lowest BCUT2D eigenvalue weighted by Crippen LogP contribution is -2.35. The highest BCUT2D eigenvalue weighted by molar-refractivity contribution is 6.34. The van der Waals surface area contributed by atoms with Gasteiger partial charge in [-0.25, -0.2) is 4.79 Å². The average molecular weight is 312 g/mol. The summed E-state index contributed by atoms with van der Waals surface area (Å²) in [6, 6.07) is 3.20. The van der Waals surface area contributed by atoms with E-state index < -0.39 is 5.97 Å². The van der Waals surface area contributed by atoms with E-state index in [0.29, 0.717) is 35.1 Å². The zero-order chi connectivity index (χ0) is 15.6. The summed E-state index contributed by atoms with van der Waals surface area (Å²) >= 11 is 6.25. The quantitative estimate of drug-likeness (QED) is 0.651. The van der Waals surface area contributed by atoms with Gasteiger partial charge in [-0.15, -0.1) is 0 Å². The lowest BCUT2D eigenvalue weighted by Gasteiger charge is -2.23. The van der Waals surface area contributed by atoms with Crippen LogP contribution in [0.2, 0.25) is 5.02 Å². The van der Waals surface area contributed by atoms with Gasteiger partial charge in [0.25, 0.3) is 0 Å². The molecule has 1 saturated heterocycles. The SMILES string of the molecule is COC(=O)c1cc(N)cc(Cl)c1N1CCC(NC(C)=O)C1. The van der Waals surface area contributed by atoms with Crippen LogP contribution in [-0.2, 0) is 9.53 Å². The molecule has 3 N–H and O–H groups in total.